The third kappa shape index (κ3) is 2.69. The van der Waals surface area contributed by atoms with E-state index in [2.05, 4.69) is 15.9 Å². The highest BCUT2D eigenvalue weighted by atomic mass is 79.9. The van der Waals surface area contributed by atoms with Crippen LogP contribution in [0.15, 0.2) is 53.0 Å². The first-order valence-corrected chi connectivity index (χ1v) is 5.70. The highest BCUT2D eigenvalue weighted by Crippen LogP contribution is 2.37. The van der Waals surface area contributed by atoms with Gasteiger partial charge in [-0.3, -0.25) is 0 Å². The largest absolute Gasteiger partial charge is 0.417 e. The molecule has 0 aliphatic heterocycles. The Morgan fingerprint density at radius 2 is 1.59 bits per heavy atom. The second kappa shape index (κ2) is 4.53. The third-order valence-corrected chi connectivity index (χ3v) is 2.86. The average molecular weight is 301 g/mol. The van der Waals surface area contributed by atoms with Crippen LogP contribution in [0.4, 0.5) is 13.2 Å². The number of rotatable bonds is 1. The van der Waals surface area contributed by atoms with Crippen molar-refractivity contribution in [2.75, 3.05) is 0 Å². The van der Waals surface area contributed by atoms with Crippen molar-refractivity contribution in [1.29, 1.82) is 0 Å². The Labute approximate surface area is 105 Å². The lowest BCUT2D eigenvalue weighted by molar-refractivity contribution is -0.137. The first-order valence-electron chi connectivity index (χ1n) is 4.90. The van der Waals surface area contributed by atoms with Gasteiger partial charge in [-0.15, -0.1) is 0 Å². The maximum Gasteiger partial charge on any atom is 0.417 e. The quantitative estimate of drug-likeness (QED) is 0.684. The first-order chi connectivity index (χ1) is 7.98. The maximum absolute atomic E-state index is 12.8. The van der Waals surface area contributed by atoms with Crippen LogP contribution in [0.2, 0.25) is 0 Å². The zero-order valence-electron chi connectivity index (χ0n) is 8.63. The van der Waals surface area contributed by atoms with Gasteiger partial charge in [0, 0.05) is 4.47 Å². The van der Waals surface area contributed by atoms with Gasteiger partial charge in [-0.25, -0.2) is 0 Å². The highest BCUT2D eigenvalue weighted by Gasteiger charge is 2.33. The summed E-state index contributed by atoms with van der Waals surface area (Å²) in [5.41, 5.74) is 0.131. The topological polar surface area (TPSA) is 0 Å². The fourth-order valence-corrected chi connectivity index (χ4v) is 2.04. The standard InChI is InChI=1S/C13H8BrF3/c14-10-5-3-4-9(8-10)11-6-1-2-7-12(11)13(15,16)17/h1-8H. The lowest BCUT2D eigenvalue weighted by atomic mass is 9.99. The predicted molar refractivity (Wildman–Crippen MR) is 64.6 cm³/mol. The second-order valence-electron chi connectivity index (χ2n) is 3.55. The zero-order chi connectivity index (χ0) is 12.5. The number of alkyl halides is 3. The summed E-state index contributed by atoms with van der Waals surface area (Å²) >= 11 is 3.25. The number of benzene rings is 2. The monoisotopic (exact) mass is 300 g/mol. The summed E-state index contributed by atoms with van der Waals surface area (Å²) in [4.78, 5) is 0. The molecule has 0 heterocycles. The molecule has 4 heteroatoms. The summed E-state index contributed by atoms with van der Waals surface area (Å²) < 4.78 is 39.2. The Hall–Kier alpha value is -1.29. The second-order valence-corrected chi connectivity index (χ2v) is 4.47. The van der Waals surface area contributed by atoms with Crippen LogP contribution in [0, 0.1) is 0 Å². The van der Waals surface area contributed by atoms with Gasteiger partial charge in [-0.05, 0) is 29.3 Å². The molecule has 2 rings (SSSR count). The molecule has 0 aromatic heterocycles. The van der Waals surface area contributed by atoms with E-state index >= 15 is 0 Å². The number of hydrogen-bond donors (Lipinski definition) is 0. The van der Waals surface area contributed by atoms with Crippen LogP contribution in [0.25, 0.3) is 11.1 Å². The van der Waals surface area contributed by atoms with E-state index in [-0.39, 0.29) is 5.56 Å². The third-order valence-electron chi connectivity index (χ3n) is 2.37. The van der Waals surface area contributed by atoms with Gasteiger partial charge in [-0.1, -0.05) is 46.3 Å². The van der Waals surface area contributed by atoms with E-state index in [4.69, 9.17) is 0 Å². The number of halogens is 4. The van der Waals surface area contributed by atoms with Crippen LogP contribution in [-0.2, 0) is 6.18 Å². The van der Waals surface area contributed by atoms with E-state index in [0.717, 1.165) is 10.5 Å². The summed E-state index contributed by atoms with van der Waals surface area (Å²) in [6.07, 6.45) is -4.33. The van der Waals surface area contributed by atoms with Gasteiger partial charge in [-0.2, -0.15) is 13.2 Å². The summed E-state index contributed by atoms with van der Waals surface area (Å²) in [7, 11) is 0. The smallest absolute Gasteiger partial charge is 0.166 e. The maximum atomic E-state index is 12.8. The van der Waals surface area contributed by atoms with Gasteiger partial charge in [0.1, 0.15) is 0 Å². The molecule has 0 aliphatic rings. The van der Waals surface area contributed by atoms with Crippen molar-refractivity contribution in [3.63, 3.8) is 0 Å². The van der Waals surface area contributed by atoms with Crippen LogP contribution in [-0.4, -0.2) is 0 Å². The van der Waals surface area contributed by atoms with Crippen molar-refractivity contribution in [3.05, 3.63) is 58.6 Å². The van der Waals surface area contributed by atoms with Crippen LogP contribution in [0.1, 0.15) is 5.56 Å². The Morgan fingerprint density at radius 1 is 0.882 bits per heavy atom. The van der Waals surface area contributed by atoms with Crippen LogP contribution in [0.3, 0.4) is 0 Å². The molecule has 0 unspecified atom stereocenters. The summed E-state index contributed by atoms with van der Waals surface area (Å²) in [5, 5.41) is 0. The van der Waals surface area contributed by atoms with Gasteiger partial charge >= 0.3 is 6.18 Å². The van der Waals surface area contributed by atoms with Crippen molar-refractivity contribution in [3.8, 4) is 11.1 Å². The summed E-state index contributed by atoms with van der Waals surface area (Å²) in [5.74, 6) is 0. The Balaban J connectivity index is 2.60. The van der Waals surface area contributed by atoms with Gasteiger partial charge in [0.05, 0.1) is 5.56 Å². The molecule has 0 N–H and O–H groups in total. The minimum Gasteiger partial charge on any atom is -0.166 e. The molecule has 0 saturated heterocycles. The van der Waals surface area contributed by atoms with Crippen molar-refractivity contribution in [2.45, 2.75) is 6.18 Å². The van der Waals surface area contributed by atoms with E-state index in [1.165, 1.54) is 12.1 Å². The van der Waals surface area contributed by atoms with Crippen molar-refractivity contribution in [1.82, 2.24) is 0 Å². The summed E-state index contributed by atoms with van der Waals surface area (Å²) in [6.45, 7) is 0. The van der Waals surface area contributed by atoms with Crippen molar-refractivity contribution >= 4 is 15.9 Å². The molecule has 0 amide bonds. The van der Waals surface area contributed by atoms with Crippen LogP contribution < -0.4 is 0 Å². The Morgan fingerprint density at radius 3 is 2.24 bits per heavy atom. The molecule has 0 nitrogen and oxygen atoms in total. The van der Waals surface area contributed by atoms with Gasteiger partial charge in [0.25, 0.3) is 0 Å². The SMILES string of the molecule is FC(F)(F)c1ccccc1-c1cccc(Br)c1. The minimum atomic E-state index is -4.33. The van der Waals surface area contributed by atoms with Crippen LogP contribution >= 0.6 is 15.9 Å². The first kappa shape index (κ1) is 12.2. The lowest BCUT2D eigenvalue weighted by Crippen LogP contribution is -2.06. The fourth-order valence-electron chi connectivity index (χ4n) is 1.64. The van der Waals surface area contributed by atoms with E-state index in [9.17, 15) is 13.2 Å². The molecule has 0 atom stereocenters. The molecule has 2 aromatic carbocycles. The number of hydrogen-bond acceptors (Lipinski definition) is 0. The molecule has 0 radical (unpaired) electrons. The molecule has 17 heavy (non-hydrogen) atoms. The van der Waals surface area contributed by atoms with Crippen molar-refractivity contribution < 1.29 is 13.2 Å². The minimum absolute atomic E-state index is 0.196. The van der Waals surface area contributed by atoms with Crippen LogP contribution in [0.5, 0.6) is 0 Å². The fraction of sp³-hybridized carbons (Fsp3) is 0.0769. The molecule has 0 saturated carbocycles. The molecule has 2 aromatic rings. The lowest BCUT2D eigenvalue weighted by Gasteiger charge is -2.12. The molecule has 0 bridgehead atoms. The molecule has 88 valence electrons. The van der Waals surface area contributed by atoms with E-state index in [1.807, 2.05) is 0 Å². The predicted octanol–water partition coefficient (Wildman–Crippen LogP) is 5.13. The molecular weight excluding hydrogens is 293 g/mol. The van der Waals surface area contributed by atoms with Gasteiger partial charge < -0.3 is 0 Å². The van der Waals surface area contributed by atoms with Gasteiger partial charge in [0.15, 0.2) is 0 Å². The average Bonchev–Trinajstić information content (AvgIpc) is 2.28. The molecule has 0 fully saturated rings. The van der Waals surface area contributed by atoms with Gasteiger partial charge in [0.2, 0.25) is 0 Å². The van der Waals surface area contributed by atoms with E-state index in [0.29, 0.717) is 5.56 Å². The normalized spacial score (nSPS) is 11.5. The molecular formula is C13H8BrF3. The zero-order valence-corrected chi connectivity index (χ0v) is 10.2. The molecule has 0 spiro atoms. The van der Waals surface area contributed by atoms with Crippen molar-refractivity contribution in [2.24, 2.45) is 0 Å². The summed E-state index contributed by atoms with van der Waals surface area (Å²) in [6, 6.07) is 12.4. The van der Waals surface area contributed by atoms with E-state index in [1.54, 1.807) is 30.3 Å². The molecule has 0 aliphatic carbocycles. The Kier molecular flexibility index (Phi) is 3.24. The van der Waals surface area contributed by atoms with E-state index < -0.39 is 11.7 Å². The highest BCUT2D eigenvalue weighted by molar-refractivity contribution is 9.10. The Bertz CT molecular complexity index is 532.